The van der Waals surface area contributed by atoms with Crippen molar-refractivity contribution in [3.63, 3.8) is 0 Å². The lowest BCUT2D eigenvalue weighted by Gasteiger charge is -2.10. The summed E-state index contributed by atoms with van der Waals surface area (Å²) in [5.41, 5.74) is -0.161. The van der Waals surface area contributed by atoms with Crippen LogP contribution >= 0.6 is 0 Å². The molecule has 0 bridgehead atoms. The zero-order valence-electron chi connectivity index (χ0n) is 11.8. The summed E-state index contributed by atoms with van der Waals surface area (Å²) in [6, 6.07) is 0. The Balaban J connectivity index is 2.66. The van der Waals surface area contributed by atoms with E-state index in [-0.39, 0.29) is 23.7 Å². The smallest absolute Gasteiger partial charge is 0.332 e. The number of H-pyrrole nitrogens is 1. The molecule has 8 heteroatoms. The molecule has 0 amide bonds. The maximum atomic E-state index is 12.2. The molecular formula is C12H19N5O3. The molecule has 0 aliphatic heterocycles. The van der Waals surface area contributed by atoms with Gasteiger partial charge in [0.05, 0.1) is 6.61 Å². The summed E-state index contributed by atoms with van der Waals surface area (Å²) in [5, 5.41) is 11.6. The van der Waals surface area contributed by atoms with E-state index in [1.807, 2.05) is 13.8 Å². The molecule has 2 aromatic heterocycles. The molecule has 20 heavy (non-hydrogen) atoms. The fourth-order valence-electron chi connectivity index (χ4n) is 2.02. The number of hydrogen-bond donors (Lipinski definition) is 3. The van der Waals surface area contributed by atoms with Gasteiger partial charge in [0.25, 0.3) is 5.56 Å². The lowest BCUT2D eigenvalue weighted by Crippen LogP contribution is -2.38. The molecular weight excluding hydrogens is 262 g/mol. The summed E-state index contributed by atoms with van der Waals surface area (Å²) in [6.45, 7) is 4.72. The van der Waals surface area contributed by atoms with Crippen molar-refractivity contribution in [2.24, 2.45) is 13.0 Å². The molecule has 0 saturated carbocycles. The van der Waals surface area contributed by atoms with Crippen LogP contribution < -0.4 is 16.6 Å². The van der Waals surface area contributed by atoms with E-state index in [1.54, 1.807) is 0 Å². The van der Waals surface area contributed by atoms with Gasteiger partial charge < -0.3 is 15.4 Å². The SMILES string of the molecule is CC(C)Cn1c(=O)n(C)c(=O)c2[nH]c(NCCO)nc21. The summed E-state index contributed by atoms with van der Waals surface area (Å²) < 4.78 is 2.56. The van der Waals surface area contributed by atoms with Crippen LogP contribution in [0.1, 0.15) is 13.8 Å². The first kappa shape index (κ1) is 14.3. The summed E-state index contributed by atoms with van der Waals surface area (Å²) >= 11 is 0. The largest absolute Gasteiger partial charge is 0.395 e. The molecule has 0 aromatic carbocycles. The minimum Gasteiger partial charge on any atom is -0.395 e. The van der Waals surface area contributed by atoms with Crippen LogP contribution in [0, 0.1) is 5.92 Å². The summed E-state index contributed by atoms with van der Waals surface area (Å²) in [5.74, 6) is 0.619. The Labute approximate surface area is 115 Å². The van der Waals surface area contributed by atoms with Crippen LogP contribution in [0.15, 0.2) is 9.59 Å². The molecule has 0 saturated heterocycles. The molecule has 2 heterocycles. The van der Waals surface area contributed by atoms with Crippen LogP contribution in [0.2, 0.25) is 0 Å². The number of rotatable bonds is 5. The summed E-state index contributed by atoms with van der Waals surface area (Å²) in [4.78, 5) is 31.3. The van der Waals surface area contributed by atoms with Gasteiger partial charge in [0, 0.05) is 20.1 Å². The van der Waals surface area contributed by atoms with Crippen molar-refractivity contribution in [3.8, 4) is 0 Å². The molecule has 0 unspecified atom stereocenters. The zero-order valence-corrected chi connectivity index (χ0v) is 11.8. The first-order valence-electron chi connectivity index (χ1n) is 6.50. The van der Waals surface area contributed by atoms with Crippen LogP contribution in [0.5, 0.6) is 0 Å². The van der Waals surface area contributed by atoms with Gasteiger partial charge in [-0.2, -0.15) is 4.98 Å². The molecule has 2 rings (SSSR count). The third kappa shape index (κ3) is 2.46. The molecule has 0 aliphatic rings. The van der Waals surface area contributed by atoms with Crippen molar-refractivity contribution in [2.45, 2.75) is 20.4 Å². The Hall–Kier alpha value is -2.09. The van der Waals surface area contributed by atoms with E-state index in [4.69, 9.17) is 5.11 Å². The minimum absolute atomic E-state index is 0.0478. The molecule has 2 aromatic rings. The number of imidazole rings is 1. The van der Waals surface area contributed by atoms with E-state index in [0.29, 0.717) is 24.7 Å². The zero-order chi connectivity index (χ0) is 14.9. The van der Waals surface area contributed by atoms with Crippen LogP contribution in [-0.2, 0) is 13.6 Å². The fourth-order valence-corrected chi connectivity index (χ4v) is 2.02. The average molecular weight is 281 g/mol. The first-order valence-corrected chi connectivity index (χ1v) is 6.50. The number of nitrogens with zero attached hydrogens (tertiary/aromatic N) is 3. The van der Waals surface area contributed by atoms with E-state index < -0.39 is 5.56 Å². The number of hydrogen-bond acceptors (Lipinski definition) is 5. The van der Waals surface area contributed by atoms with E-state index in [2.05, 4.69) is 15.3 Å². The fraction of sp³-hybridized carbons (Fsp3) is 0.583. The lowest BCUT2D eigenvalue weighted by atomic mass is 10.2. The first-order chi connectivity index (χ1) is 9.45. The standard InChI is InChI=1S/C12H19N5O3/c1-7(2)6-17-9-8(10(19)16(3)12(17)20)14-11(15-9)13-4-5-18/h7,18H,4-6H2,1-3H3,(H2,13,14,15). The second-order valence-corrected chi connectivity index (χ2v) is 5.09. The third-order valence-electron chi connectivity index (χ3n) is 2.93. The Morgan fingerprint density at radius 3 is 2.70 bits per heavy atom. The van der Waals surface area contributed by atoms with Crippen LogP contribution in [0.25, 0.3) is 11.2 Å². The Bertz CT molecular complexity index is 725. The predicted octanol–water partition coefficient (Wildman–Crippen LogP) is -0.516. The van der Waals surface area contributed by atoms with Crippen molar-refractivity contribution >= 4 is 17.1 Å². The monoisotopic (exact) mass is 281 g/mol. The van der Waals surface area contributed by atoms with E-state index in [1.165, 1.54) is 11.6 Å². The van der Waals surface area contributed by atoms with Gasteiger partial charge in [0.1, 0.15) is 0 Å². The van der Waals surface area contributed by atoms with Gasteiger partial charge in [0.15, 0.2) is 11.2 Å². The minimum atomic E-state index is -0.408. The normalized spacial score (nSPS) is 11.4. The number of nitrogens with one attached hydrogen (secondary N) is 2. The third-order valence-corrected chi connectivity index (χ3v) is 2.93. The van der Waals surface area contributed by atoms with E-state index >= 15 is 0 Å². The number of fused-ring (bicyclic) bond motifs is 1. The highest BCUT2D eigenvalue weighted by atomic mass is 16.3. The second kappa shape index (κ2) is 5.49. The maximum Gasteiger partial charge on any atom is 0.332 e. The number of aromatic nitrogens is 4. The van der Waals surface area contributed by atoms with Gasteiger partial charge in [-0.1, -0.05) is 13.8 Å². The molecule has 0 fully saturated rings. The number of anilines is 1. The number of aromatic amines is 1. The predicted molar refractivity (Wildman–Crippen MR) is 76.0 cm³/mol. The van der Waals surface area contributed by atoms with Gasteiger partial charge in [-0.3, -0.25) is 13.9 Å². The highest BCUT2D eigenvalue weighted by Crippen LogP contribution is 2.10. The Morgan fingerprint density at radius 2 is 2.10 bits per heavy atom. The van der Waals surface area contributed by atoms with Crippen molar-refractivity contribution < 1.29 is 5.11 Å². The highest BCUT2D eigenvalue weighted by molar-refractivity contribution is 5.72. The maximum absolute atomic E-state index is 12.2. The van der Waals surface area contributed by atoms with Crippen molar-refractivity contribution in [1.29, 1.82) is 0 Å². The van der Waals surface area contributed by atoms with Gasteiger partial charge in [0.2, 0.25) is 5.95 Å². The van der Waals surface area contributed by atoms with Crippen molar-refractivity contribution in [1.82, 2.24) is 19.1 Å². The second-order valence-electron chi connectivity index (χ2n) is 5.09. The molecule has 0 radical (unpaired) electrons. The van der Waals surface area contributed by atoms with Crippen LogP contribution in [0.4, 0.5) is 5.95 Å². The quantitative estimate of drug-likeness (QED) is 0.684. The highest BCUT2D eigenvalue weighted by Gasteiger charge is 2.15. The van der Waals surface area contributed by atoms with E-state index in [0.717, 1.165) is 4.57 Å². The summed E-state index contributed by atoms with van der Waals surface area (Å²) in [6.07, 6.45) is 0. The molecule has 0 atom stereocenters. The van der Waals surface area contributed by atoms with E-state index in [9.17, 15) is 9.59 Å². The molecule has 0 spiro atoms. The number of aliphatic hydroxyl groups excluding tert-OH is 1. The molecule has 110 valence electrons. The Morgan fingerprint density at radius 1 is 1.40 bits per heavy atom. The average Bonchev–Trinajstić information content (AvgIpc) is 2.82. The van der Waals surface area contributed by atoms with Gasteiger partial charge in [-0.25, -0.2) is 4.79 Å². The molecule has 3 N–H and O–H groups in total. The van der Waals surface area contributed by atoms with Gasteiger partial charge in [-0.05, 0) is 5.92 Å². The summed E-state index contributed by atoms with van der Waals surface area (Å²) in [7, 11) is 1.45. The van der Waals surface area contributed by atoms with Crippen LogP contribution in [-0.4, -0.2) is 37.4 Å². The van der Waals surface area contributed by atoms with Gasteiger partial charge in [-0.15, -0.1) is 0 Å². The van der Waals surface area contributed by atoms with Crippen LogP contribution in [0.3, 0.4) is 0 Å². The lowest BCUT2D eigenvalue weighted by molar-refractivity contribution is 0.311. The van der Waals surface area contributed by atoms with Crippen molar-refractivity contribution in [3.05, 3.63) is 20.8 Å². The Kier molecular flexibility index (Phi) is 3.93. The topological polar surface area (TPSA) is 105 Å². The van der Waals surface area contributed by atoms with Crippen molar-refractivity contribution in [2.75, 3.05) is 18.5 Å². The molecule has 8 nitrogen and oxygen atoms in total. The molecule has 0 aliphatic carbocycles. The van der Waals surface area contributed by atoms with Gasteiger partial charge >= 0.3 is 5.69 Å². The number of aliphatic hydroxyl groups is 1.